The number of amides is 1. The number of rotatable bonds is 2. The number of nitrogens with two attached hydrogens (primary N) is 1. The number of thioether (sulfide) groups is 1. The number of hydrogen-bond donors (Lipinski definition) is 1. The molecule has 1 amide bonds. The van der Waals surface area contributed by atoms with Crippen LogP contribution in [0.15, 0.2) is 0 Å². The van der Waals surface area contributed by atoms with Gasteiger partial charge in [-0.15, -0.1) is 0 Å². The molecule has 3 nitrogen and oxygen atoms in total. The van der Waals surface area contributed by atoms with Crippen molar-refractivity contribution in [1.29, 1.82) is 0 Å². The molecule has 0 aromatic heterocycles. The quantitative estimate of drug-likeness (QED) is 0.711. The molecule has 0 saturated carbocycles. The molecular weight excluding hydrogens is 184 g/mol. The van der Waals surface area contributed by atoms with E-state index in [1.54, 1.807) is 11.8 Å². The number of hydrogen-bond acceptors (Lipinski definition) is 3. The van der Waals surface area contributed by atoms with Crippen molar-refractivity contribution in [3.05, 3.63) is 0 Å². The molecule has 1 aliphatic rings. The Morgan fingerprint density at radius 2 is 2.31 bits per heavy atom. The van der Waals surface area contributed by atoms with E-state index in [4.69, 9.17) is 5.73 Å². The van der Waals surface area contributed by atoms with E-state index in [9.17, 15) is 4.79 Å². The van der Waals surface area contributed by atoms with Gasteiger partial charge in [0.1, 0.15) is 0 Å². The summed E-state index contributed by atoms with van der Waals surface area (Å²) >= 11 is 1.57. The highest BCUT2D eigenvalue weighted by atomic mass is 32.2. The average Bonchev–Trinajstić information content (AvgIpc) is 2.03. The first-order valence-electron chi connectivity index (χ1n) is 4.65. The fourth-order valence-electron chi connectivity index (χ4n) is 1.82. The van der Waals surface area contributed by atoms with Crippen molar-refractivity contribution in [3.8, 4) is 0 Å². The van der Waals surface area contributed by atoms with Crippen molar-refractivity contribution >= 4 is 17.7 Å². The molecule has 13 heavy (non-hydrogen) atoms. The van der Waals surface area contributed by atoms with Gasteiger partial charge in [0, 0.05) is 19.1 Å². The first-order valence-corrected chi connectivity index (χ1v) is 6.05. The Kier molecular flexibility index (Phi) is 4.06. The summed E-state index contributed by atoms with van der Waals surface area (Å²) < 4.78 is 0. The fourth-order valence-corrected chi connectivity index (χ4v) is 2.25. The molecule has 1 saturated heterocycles. The van der Waals surface area contributed by atoms with E-state index in [1.807, 2.05) is 11.2 Å². The first-order chi connectivity index (χ1) is 6.13. The summed E-state index contributed by atoms with van der Waals surface area (Å²) in [7, 11) is 0. The molecule has 76 valence electrons. The van der Waals surface area contributed by atoms with Crippen molar-refractivity contribution in [2.75, 3.05) is 25.1 Å². The van der Waals surface area contributed by atoms with Crippen LogP contribution in [0.3, 0.4) is 0 Å². The van der Waals surface area contributed by atoms with Crippen molar-refractivity contribution < 1.29 is 4.79 Å². The van der Waals surface area contributed by atoms with Gasteiger partial charge in [-0.2, -0.15) is 11.8 Å². The van der Waals surface area contributed by atoms with E-state index in [0.717, 1.165) is 19.5 Å². The summed E-state index contributed by atoms with van der Waals surface area (Å²) in [5.74, 6) is 1.36. The lowest BCUT2D eigenvalue weighted by Gasteiger charge is -2.34. The van der Waals surface area contributed by atoms with E-state index in [1.165, 1.54) is 0 Å². The van der Waals surface area contributed by atoms with Crippen LogP contribution < -0.4 is 5.73 Å². The van der Waals surface area contributed by atoms with Gasteiger partial charge < -0.3 is 10.6 Å². The van der Waals surface area contributed by atoms with Crippen LogP contribution in [0, 0.1) is 5.92 Å². The molecule has 0 spiro atoms. The molecule has 0 aromatic carbocycles. The van der Waals surface area contributed by atoms with E-state index in [-0.39, 0.29) is 11.9 Å². The van der Waals surface area contributed by atoms with Gasteiger partial charge in [0.05, 0.1) is 5.75 Å². The molecule has 1 heterocycles. The average molecular weight is 202 g/mol. The third-order valence-corrected chi connectivity index (χ3v) is 2.85. The Labute approximate surface area is 84.0 Å². The molecule has 0 radical (unpaired) electrons. The minimum absolute atomic E-state index is 0.176. The van der Waals surface area contributed by atoms with Crippen molar-refractivity contribution in [2.24, 2.45) is 11.7 Å². The standard InChI is InChI=1S/C9H18N2OS/c1-7-3-8(10)5-11(4-7)9(12)6-13-2/h7-8H,3-6,10H2,1-2H3. The monoisotopic (exact) mass is 202 g/mol. The van der Waals surface area contributed by atoms with Crippen molar-refractivity contribution in [3.63, 3.8) is 0 Å². The van der Waals surface area contributed by atoms with E-state index in [0.29, 0.717) is 11.7 Å². The lowest BCUT2D eigenvalue weighted by molar-refractivity contribution is -0.130. The van der Waals surface area contributed by atoms with Gasteiger partial charge in [-0.25, -0.2) is 0 Å². The van der Waals surface area contributed by atoms with Gasteiger partial charge in [0.2, 0.25) is 5.91 Å². The maximum absolute atomic E-state index is 11.5. The number of likely N-dealkylation sites (tertiary alicyclic amines) is 1. The van der Waals surface area contributed by atoms with Crippen LogP contribution >= 0.6 is 11.8 Å². The van der Waals surface area contributed by atoms with Gasteiger partial charge in [-0.1, -0.05) is 6.92 Å². The van der Waals surface area contributed by atoms with Crippen LogP contribution in [0.4, 0.5) is 0 Å². The predicted octanol–water partition coefficient (Wildman–Crippen LogP) is 0.545. The molecular formula is C9H18N2OS. The lowest BCUT2D eigenvalue weighted by Crippen LogP contribution is -2.49. The molecule has 2 atom stereocenters. The summed E-state index contributed by atoms with van der Waals surface area (Å²) in [5.41, 5.74) is 5.85. The Bertz CT molecular complexity index is 176. The van der Waals surface area contributed by atoms with Crippen LogP contribution in [-0.2, 0) is 4.79 Å². The second kappa shape index (κ2) is 4.86. The van der Waals surface area contributed by atoms with Crippen LogP contribution in [-0.4, -0.2) is 41.9 Å². The molecule has 4 heteroatoms. The van der Waals surface area contributed by atoms with Crippen LogP contribution in [0.2, 0.25) is 0 Å². The number of nitrogens with zero attached hydrogens (tertiary/aromatic N) is 1. The second-order valence-corrected chi connectivity index (χ2v) is 4.70. The fraction of sp³-hybridized carbons (Fsp3) is 0.889. The highest BCUT2D eigenvalue weighted by Gasteiger charge is 2.24. The molecule has 0 aromatic rings. The van der Waals surface area contributed by atoms with Crippen LogP contribution in [0.1, 0.15) is 13.3 Å². The minimum Gasteiger partial charge on any atom is -0.340 e. The maximum Gasteiger partial charge on any atom is 0.232 e. The van der Waals surface area contributed by atoms with Crippen molar-refractivity contribution in [1.82, 2.24) is 4.90 Å². The molecule has 1 rings (SSSR count). The molecule has 1 aliphatic heterocycles. The summed E-state index contributed by atoms with van der Waals surface area (Å²) in [4.78, 5) is 13.4. The van der Waals surface area contributed by atoms with E-state index < -0.39 is 0 Å². The summed E-state index contributed by atoms with van der Waals surface area (Å²) in [6.07, 6.45) is 2.99. The first kappa shape index (κ1) is 10.9. The zero-order chi connectivity index (χ0) is 9.84. The smallest absolute Gasteiger partial charge is 0.232 e. The Hall–Kier alpha value is -0.220. The zero-order valence-electron chi connectivity index (χ0n) is 8.32. The number of piperidine rings is 1. The topological polar surface area (TPSA) is 46.3 Å². The lowest BCUT2D eigenvalue weighted by atomic mass is 9.97. The molecule has 2 N–H and O–H groups in total. The maximum atomic E-state index is 11.5. The number of carbonyl (C=O) groups excluding carboxylic acids is 1. The summed E-state index contributed by atoms with van der Waals surface area (Å²) in [5, 5.41) is 0. The molecule has 0 bridgehead atoms. The van der Waals surface area contributed by atoms with Gasteiger partial charge >= 0.3 is 0 Å². The van der Waals surface area contributed by atoms with Crippen molar-refractivity contribution in [2.45, 2.75) is 19.4 Å². The molecule has 0 aliphatic carbocycles. The molecule has 1 fully saturated rings. The van der Waals surface area contributed by atoms with Gasteiger partial charge in [0.25, 0.3) is 0 Å². The second-order valence-electron chi connectivity index (χ2n) is 3.83. The number of carbonyl (C=O) groups is 1. The zero-order valence-corrected chi connectivity index (χ0v) is 9.14. The van der Waals surface area contributed by atoms with Crippen LogP contribution in [0.5, 0.6) is 0 Å². The Morgan fingerprint density at radius 1 is 1.62 bits per heavy atom. The summed E-state index contributed by atoms with van der Waals surface area (Å²) in [6.45, 7) is 3.77. The summed E-state index contributed by atoms with van der Waals surface area (Å²) in [6, 6.07) is 0.176. The molecule has 2 unspecified atom stereocenters. The minimum atomic E-state index is 0.176. The van der Waals surface area contributed by atoms with E-state index in [2.05, 4.69) is 6.92 Å². The van der Waals surface area contributed by atoms with Gasteiger partial charge in [-0.3, -0.25) is 4.79 Å². The normalized spacial score (nSPS) is 29.0. The Balaban J connectivity index is 2.45. The largest absolute Gasteiger partial charge is 0.340 e. The Morgan fingerprint density at radius 3 is 2.85 bits per heavy atom. The van der Waals surface area contributed by atoms with Gasteiger partial charge in [0.15, 0.2) is 0 Å². The highest BCUT2D eigenvalue weighted by Crippen LogP contribution is 2.15. The van der Waals surface area contributed by atoms with Crippen LogP contribution in [0.25, 0.3) is 0 Å². The van der Waals surface area contributed by atoms with E-state index >= 15 is 0 Å². The predicted molar refractivity (Wildman–Crippen MR) is 56.7 cm³/mol. The SMILES string of the molecule is CSCC(=O)N1CC(C)CC(N)C1. The highest BCUT2D eigenvalue weighted by molar-refractivity contribution is 7.99. The third-order valence-electron chi connectivity index (χ3n) is 2.31. The third kappa shape index (κ3) is 3.19. The van der Waals surface area contributed by atoms with Gasteiger partial charge in [-0.05, 0) is 18.6 Å².